The summed E-state index contributed by atoms with van der Waals surface area (Å²) in [5.41, 5.74) is 0.507. The Morgan fingerprint density at radius 2 is 2.56 bits per heavy atom. The molecule has 3 rings (SSSR count). The highest BCUT2D eigenvalue weighted by Gasteiger charge is 2.35. The number of aromatic nitrogens is 2. The number of thiazole rings is 1. The van der Waals surface area contributed by atoms with Crippen molar-refractivity contribution in [2.24, 2.45) is 5.92 Å². The smallest absolute Gasteiger partial charge is 0.193 e. The molecule has 0 spiro atoms. The third kappa shape index (κ3) is 1.76. The van der Waals surface area contributed by atoms with Crippen molar-refractivity contribution in [1.82, 2.24) is 9.38 Å². The molecule has 2 aromatic heterocycles. The number of hydrogen-bond acceptors (Lipinski definition) is 3. The fourth-order valence-electron chi connectivity index (χ4n) is 2.73. The summed E-state index contributed by atoms with van der Waals surface area (Å²) in [4.78, 5) is 5.55. The van der Waals surface area contributed by atoms with Crippen molar-refractivity contribution < 1.29 is 5.11 Å². The maximum Gasteiger partial charge on any atom is 0.193 e. The van der Waals surface area contributed by atoms with Gasteiger partial charge in [-0.2, -0.15) is 0 Å². The number of hydrogen-bond donors (Lipinski definition) is 1. The van der Waals surface area contributed by atoms with Gasteiger partial charge in [-0.25, -0.2) is 4.98 Å². The molecule has 0 aromatic carbocycles. The fraction of sp³-hybridized carbons (Fsp3) is 0.583. The highest BCUT2D eigenvalue weighted by atomic mass is 32.1. The SMILES string of the molecule is CC1CCC(O)(Cc2cn3ccsc3n2)C1. The van der Waals surface area contributed by atoms with Gasteiger partial charge in [0.25, 0.3) is 0 Å². The zero-order valence-electron chi connectivity index (χ0n) is 9.39. The number of rotatable bonds is 2. The Hall–Kier alpha value is -0.870. The summed E-state index contributed by atoms with van der Waals surface area (Å²) in [7, 11) is 0. The highest BCUT2D eigenvalue weighted by molar-refractivity contribution is 7.15. The molecule has 2 aromatic rings. The quantitative estimate of drug-likeness (QED) is 0.870. The highest BCUT2D eigenvalue weighted by Crippen LogP contribution is 2.36. The van der Waals surface area contributed by atoms with E-state index < -0.39 is 5.60 Å². The Labute approximate surface area is 98.8 Å². The molecule has 1 aliphatic carbocycles. The van der Waals surface area contributed by atoms with E-state index in [0.29, 0.717) is 12.3 Å². The molecule has 0 radical (unpaired) electrons. The van der Waals surface area contributed by atoms with Gasteiger partial charge >= 0.3 is 0 Å². The minimum Gasteiger partial charge on any atom is -0.389 e. The molecule has 2 atom stereocenters. The van der Waals surface area contributed by atoms with E-state index in [1.807, 2.05) is 22.2 Å². The number of imidazole rings is 1. The van der Waals surface area contributed by atoms with Crippen LogP contribution in [-0.2, 0) is 6.42 Å². The summed E-state index contributed by atoms with van der Waals surface area (Å²) < 4.78 is 2.03. The monoisotopic (exact) mass is 236 g/mol. The minimum atomic E-state index is -0.510. The first-order valence-electron chi connectivity index (χ1n) is 5.78. The summed E-state index contributed by atoms with van der Waals surface area (Å²) in [6, 6.07) is 0. The lowest BCUT2D eigenvalue weighted by molar-refractivity contribution is 0.0438. The van der Waals surface area contributed by atoms with Gasteiger partial charge in [-0.15, -0.1) is 11.3 Å². The van der Waals surface area contributed by atoms with Crippen molar-refractivity contribution in [3.63, 3.8) is 0 Å². The molecule has 1 saturated carbocycles. The van der Waals surface area contributed by atoms with Crippen LogP contribution in [0.15, 0.2) is 17.8 Å². The molecule has 16 heavy (non-hydrogen) atoms. The summed E-state index contributed by atoms with van der Waals surface area (Å²) in [5.74, 6) is 0.647. The fourth-order valence-corrected chi connectivity index (χ4v) is 3.45. The van der Waals surface area contributed by atoms with Gasteiger partial charge in [-0.05, 0) is 25.2 Å². The van der Waals surface area contributed by atoms with Crippen LogP contribution >= 0.6 is 11.3 Å². The molecular formula is C12H16N2OS. The van der Waals surface area contributed by atoms with Crippen molar-refractivity contribution in [1.29, 1.82) is 0 Å². The van der Waals surface area contributed by atoms with Crippen LogP contribution in [0.4, 0.5) is 0 Å². The molecule has 3 nitrogen and oxygen atoms in total. The second-order valence-electron chi connectivity index (χ2n) is 5.07. The minimum absolute atomic E-state index is 0.510. The second-order valence-corrected chi connectivity index (χ2v) is 5.95. The lowest BCUT2D eigenvalue weighted by Crippen LogP contribution is -2.27. The molecule has 1 fully saturated rings. The Kier molecular flexibility index (Phi) is 2.30. The topological polar surface area (TPSA) is 37.5 Å². The van der Waals surface area contributed by atoms with Crippen molar-refractivity contribution in [3.8, 4) is 0 Å². The van der Waals surface area contributed by atoms with E-state index in [1.54, 1.807) is 11.3 Å². The van der Waals surface area contributed by atoms with Crippen molar-refractivity contribution in [2.45, 2.75) is 38.2 Å². The molecule has 0 aliphatic heterocycles. The van der Waals surface area contributed by atoms with E-state index in [2.05, 4.69) is 11.9 Å². The average molecular weight is 236 g/mol. The first-order valence-corrected chi connectivity index (χ1v) is 6.66. The van der Waals surface area contributed by atoms with E-state index >= 15 is 0 Å². The van der Waals surface area contributed by atoms with Gasteiger partial charge in [-0.3, -0.25) is 4.40 Å². The predicted octanol–water partition coefficient (Wildman–Crippen LogP) is 2.49. The second kappa shape index (κ2) is 3.57. The van der Waals surface area contributed by atoms with E-state index in [-0.39, 0.29) is 0 Å². The van der Waals surface area contributed by atoms with Gasteiger partial charge in [0.2, 0.25) is 0 Å². The number of nitrogens with zero attached hydrogens (tertiary/aromatic N) is 2. The number of fused-ring (bicyclic) bond motifs is 1. The Morgan fingerprint density at radius 3 is 3.25 bits per heavy atom. The molecule has 0 saturated heterocycles. The Balaban J connectivity index is 1.82. The van der Waals surface area contributed by atoms with Crippen LogP contribution in [0.1, 0.15) is 31.9 Å². The van der Waals surface area contributed by atoms with Crippen LogP contribution in [0.2, 0.25) is 0 Å². The predicted molar refractivity (Wildman–Crippen MR) is 64.7 cm³/mol. The van der Waals surface area contributed by atoms with Gasteiger partial charge in [0.1, 0.15) is 0 Å². The summed E-state index contributed by atoms with van der Waals surface area (Å²) in [5, 5.41) is 12.5. The molecule has 0 amide bonds. The maximum absolute atomic E-state index is 10.4. The zero-order valence-corrected chi connectivity index (χ0v) is 10.2. The lowest BCUT2D eigenvalue weighted by Gasteiger charge is -2.20. The molecule has 86 valence electrons. The van der Waals surface area contributed by atoms with Gasteiger partial charge in [0, 0.05) is 24.2 Å². The Bertz CT molecular complexity index is 475. The van der Waals surface area contributed by atoms with Crippen LogP contribution in [0, 0.1) is 5.92 Å². The van der Waals surface area contributed by atoms with Crippen LogP contribution in [0.5, 0.6) is 0 Å². The molecular weight excluding hydrogens is 220 g/mol. The molecule has 2 heterocycles. The number of aliphatic hydroxyl groups is 1. The third-order valence-electron chi connectivity index (χ3n) is 3.48. The molecule has 0 bridgehead atoms. The van der Waals surface area contributed by atoms with Crippen molar-refractivity contribution in [3.05, 3.63) is 23.5 Å². The van der Waals surface area contributed by atoms with E-state index in [4.69, 9.17) is 0 Å². The van der Waals surface area contributed by atoms with E-state index in [9.17, 15) is 5.11 Å². The molecule has 4 heteroatoms. The first kappa shape index (κ1) is 10.3. The summed E-state index contributed by atoms with van der Waals surface area (Å²) in [6.07, 6.45) is 7.71. The average Bonchev–Trinajstić information content (AvgIpc) is 2.81. The van der Waals surface area contributed by atoms with E-state index in [1.165, 1.54) is 0 Å². The largest absolute Gasteiger partial charge is 0.389 e. The molecule has 2 unspecified atom stereocenters. The molecule has 1 N–H and O–H groups in total. The van der Waals surface area contributed by atoms with Crippen molar-refractivity contribution >= 4 is 16.3 Å². The summed E-state index contributed by atoms with van der Waals surface area (Å²) in [6.45, 7) is 2.21. The maximum atomic E-state index is 10.4. The van der Waals surface area contributed by atoms with Crippen molar-refractivity contribution in [2.75, 3.05) is 0 Å². The van der Waals surface area contributed by atoms with Crippen LogP contribution < -0.4 is 0 Å². The molecule has 1 aliphatic rings. The van der Waals surface area contributed by atoms with Crippen LogP contribution in [-0.4, -0.2) is 20.1 Å². The van der Waals surface area contributed by atoms with Gasteiger partial charge < -0.3 is 5.11 Å². The third-order valence-corrected chi connectivity index (χ3v) is 4.25. The van der Waals surface area contributed by atoms with Crippen LogP contribution in [0.3, 0.4) is 0 Å². The van der Waals surface area contributed by atoms with Gasteiger partial charge in [0.05, 0.1) is 11.3 Å². The lowest BCUT2D eigenvalue weighted by atomic mass is 9.95. The van der Waals surface area contributed by atoms with E-state index in [0.717, 1.165) is 29.9 Å². The van der Waals surface area contributed by atoms with Crippen LogP contribution in [0.25, 0.3) is 4.96 Å². The normalized spacial score (nSPS) is 30.2. The van der Waals surface area contributed by atoms with Gasteiger partial charge in [0.15, 0.2) is 4.96 Å². The standard InChI is InChI=1S/C12H16N2OS/c1-9-2-3-12(15,6-9)7-10-8-14-4-5-16-11(14)13-10/h4-5,8-9,15H,2-3,6-7H2,1H3. The Morgan fingerprint density at radius 1 is 1.69 bits per heavy atom. The van der Waals surface area contributed by atoms with Gasteiger partial charge in [-0.1, -0.05) is 6.92 Å². The summed E-state index contributed by atoms with van der Waals surface area (Å²) >= 11 is 1.64. The zero-order chi connectivity index (χ0) is 11.2. The first-order chi connectivity index (χ1) is 7.65.